The summed E-state index contributed by atoms with van der Waals surface area (Å²) in [5.41, 5.74) is 0.206. The van der Waals surface area contributed by atoms with Crippen LogP contribution >= 0.6 is 11.6 Å². The molecule has 0 unspecified atom stereocenters. The Morgan fingerprint density at radius 2 is 1.84 bits per heavy atom. The van der Waals surface area contributed by atoms with E-state index in [2.05, 4.69) is 4.98 Å². The normalized spacial score (nSPS) is 11.4. The zero-order valence-corrected chi connectivity index (χ0v) is 10.6. The Morgan fingerprint density at radius 1 is 1.11 bits per heavy atom. The number of alkyl halides is 3. The predicted molar refractivity (Wildman–Crippen MR) is 66.2 cm³/mol. The van der Waals surface area contributed by atoms with Crippen molar-refractivity contribution in [2.24, 2.45) is 0 Å². The minimum atomic E-state index is -4.38. The van der Waals surface area contributed by atoms with Crippen molar-refractivity contribution in [3.05, 3.63) is 47.1 Å². The predicted octanol–water partition coefficient (Wildman–Crippen LogP) is 4.43. The molecule has 0 atom stereocenters. The minimum Gasteiger partial charge on any atom is -0.481 e. The van der Waals surface area contributed by atoms with Gasteiger partial charge in [0.15, 0.2) is 0 Å². The quantitative estimate of drug-likeness (QED) is 0.762. The lowest BCUT2D eigenvalue weighted by Gasteiger charge is -2.09. The summed E-state index contributed by atoms with van der Waals surface area (Å²) < 4.78 is 42.9. The molecule has 1 aromatic heterocycles. The van der Waals surface area contributed by atoms with Crippen LogP contribution in [0.4, 0.5) is 13.2 Å². The SMILES string of the molecule is COc1cc(-c2cccc(C(F)(F)F)c2)cc(Cl)n1. The number of methoxy groups -OCH3 is 1. The lowest BCUT2D eigenvalue weighted by molar-refractivity contribution is -0.137. The molecule has 0 saturated heterocycles. The van der Waals surface area contributed by atoms with Crippen molar-refractivity contribution >= 4 is 11.6 Å². The monoisotopic (exact) mass is 287 g/mol. The van der Waals surface area contributed by atoms with Crippen molar-refractivity contribution in [1.82, 2.24) is 4.98 Å². The van der Waals surface area contributed by atoms with E-state index in [1.165, 1.54) is 25.3 Å². The lowest BCUT2D eigenvalue weighted by Crippen LogP contribution is -2.04. The third-order valence-electron chi connectivity index (χ3n) is 2.50. The van der Waals surface area contributed by atoms with Gasteiger partial charge in [0.25, 0.3) is 0 Å². The largest absolute Gasteiger partial charge is 0.481 e. The molecule has 1 heterocycles. The average Bonchev–Trinajstić information content (AvgIpc) is 2.37. The standard InChI is InChI=1S/C13H9ClF3NO/c1-19-12-7-9(6-11(14)18-12)8-3-2-4-10(5-8)13(15,16)17/h2-7H,1H3. The third-order valence-corrected chi connectivity index (χ3v) is 2.70. The van der Waals surface area contributed by atoms with Crippen molar-refractivity contribution in [1.29, 1.82) is 0 Å². The average molecular weight is 288 g/mol. The number of hydrogen-bond donors (Lipinski definition) is 0. The highest BCUT2D eigenvalue weighted by Gasteiger charge is 2.30. The molecule has 100 valence electrons. The van der Waals surface area contributed by atoms with E-state index in [0.29, 0.717) is 11.1 Å². The second-order valence-corrected chi connectivity index (χ2v) is 4.19. The summed E-state index contributed by atoms with van der Waals surface area (Å²) in [7, 11) is 1.41. The zero-order valence-electron chi connectivity index (χ0n) is 9.83. The van der Waals surface area contributed by atoms with Crippen LogP contribution in [0.25, 0.3) is 11.1 Å². The van der Waals surface area contributed by atoms with Gasteiger partial charge in [-0.3, -0.25) is 0 Å². The molecule has 0 spiro atoms. The molecule has 0 aliphatic heterocycles. The van der Waals surface area contributed by atoms with Crippen LogP contribution in [0.5, 0.6) is 5.88 Å². The van der Waals surface area contributed by atoms with Gasteiger partial charge in [0, 0.05) is 6.07 Å². The molecule has 0 amide bonds. The molecule has 2 rings (SSSR count). The summed E-state index contributed by atoms with van der Waals surface area (Å²) in [6.07, 6.45) is -4.38. The maximum Gasteiger partial charge on any atom is 0.416 e. The molecule has 6 heteroatoms. The summed E-state index contributed by atoms with van der Waals surface area (Å²) in [5, 5.41) is 0.159. The number of ether oxygens (including phenoxy) is 1. The maximum atomic E-state index is 12.6. The minimum absolute atomic E-state index is 0.159. The number of halogens is 4. The number of nitrogens with zero attached hydrogens (tertiary/aromatic N) is 1. The topological polar surface area (TPSA) is 22.1 Å². The molecule has 0 radical (unpaired) electrons. The van der Waals surface area contributed by atoms with Crippen molar-refractivity contribution in [2.45, 2.75) is 6.18 Å². The second kappa shape index (κ2) is 5.09. The van der Waals surface area contributed by atoms with Crippen molar-refractivity contribution < 1.29 is 17.9 Å². The van der Waals surface area contributed by atoms with E-state index in [1.807, 2.05) is 0 Å². The number of aromatic nitrogens is 1. The van der Waals surface area contributed by atoms with E-state index in [0.717, 1.165) is 12.1 Å². The number of hydrogen-bond acceptors (Lipinski definition) is 2. The van der Waals surface area contributed by atoms with E-state index < -0.39 is 11.7 Å². The molecule has 2 aromatic rings. The maximum absolute atomic E-state index is 12.6. The van der Waals surface area contributed by atoms with E-state index in [-0.39, 0.29) is 11.0 Å². The van der Waals surface area contributed by atoms with E-state index in [4.69, 9.17) is 16.3 Å². The van der Waals surface area contributed by atoms with Crippen LogP contribution < -0.4 is 4.74 Å². The molecule has 1 aromatic carbocycles. The molecule has 0 bridgehead atoms. The first kappa shape index (κ1) is 13.7. The molecule has 0 aliphatic carbocycles. The highest BCUT2D eigenvalue weighted by molar-refractivity contribution is 6.29. The molecule has 2 nitrogen and oxygen atoms in total. The van der Waals surface area contributed by atoms with Crippen LogP contribution in [-0.4, -0.2) is 12.1 Å². The Bertz CT molecular complexity index is 599. The first-order valence-electron chi connectivity index (χ1n) is 5.29. The fourth-order valence-corrected chi connectivity index (χ4v) is 1.82. The van der Waals surface area contributed by atoms with Crippen molar-refractivity contribution in [3.63, 3.8) is 0 Å². The van der Waals surface area contributed by atoms with Crippen LogP contribution in [0.2, 0.25) is 5.15 Å². The summed E-state index contributed by atoms with van der Waals surface area (Å²) in [5.74, 6) is 0.250. The van der Waals surface area contributed by atoms with Gasteiger partial charge in [-0.1, -0.05) is 23.7 Å². The highest BCUT2D eigenvalue weighted by atomic mass is 35.5. The summed E-state index contributed by atoms with van der Waals surface area (Å²) >= 11 is 5.80. The van der Waals surface area contributed by atoms with Gasteiger partial charge in [0.2, 0.25) is 5.88 Å². The van der Waals surface area contributed by atoms with Crippen LogP contribution in [0.1, 0.15) is 5.56 Å². The van der Waals surface area contributed by atoms with E-state index in [9.17, 15) is 13.2 Å². The van der Waals surface area contributed by atoms with Crippen molar-refractivity contribution in [3.8, 4) is 17.0 Å². The first-order chi connectivity index (χ1) is 8.90. The number of benzene rings is 1. The zero-order chi connectivity index (χ0) is 14.0. The van der Waals surface area contributed by atoms with Crippen molar-refractivity contribution in [2.75, 3.05) is 7.11 Å². The number of rotatable bonds is 2. The third kappa shape index (κ3) is 3.17. The van der Waals surface area contributed by atoms with Gasteiger partial charge in [-0.15, -0.1) is 0 Å². The molecule has 19 heavy (non-hydrogen) atoms. The van der Waals surface area contributed by atoms with E-state index >= 15 is 0 Å². The highest BCUT2D eigenvalue weighted by Crippen LogP contribution is 2.33. The van der Waals surface area contributed by atoms with Gasteiger partial charge in [-0.05, 0) is 29.3 Å². The molecular formula is C13H9ClF3NO. The Morgan fingerprint density at radius 3 is 2.47 bits per heavy atom. The van der Waals surface area contributed by atoms with E-state index in [1.54, 1.807) is 6.07 Å². The van der Waals surface area contributed by atoms with Gasteiger partial charge in [0.05, 0.1) is 12.7 Å². The molecule has 0 fully saturated rings. The smallest absolute Gasteiger partial charge is 0.416 e. The second-order valence-electron chi connectivity index (χ2n) is 3.80. The van der Waals surface area contributed by atoms with Gasteiger partial charge >= 0.3 is 6.18 Å². The Labute approximate surface area is 112 Å². The van der Waals surface area contributed by atoms with Gasteiger partial charge in [0.1, 0.15) is 5.15 Å². The Kier molecular flexibility index (Phi) is 3.66. The van der Waals surface area contributed by atoms with Gasteiger partial charge in [-0.25, -0.2) is 4.98 Å². The molecule has 0 saturated carbocycles. The molecule has 0 aliphatic rings. The Balaban J connectivity index is 2.50. The fraction of sp³-hybridized carbons (Fsp3) is 0.154. The summed E-state index contributed by atoms with van der Waals surface area (Å²) in [6.45, 7) is 0. The van der Waals surface area contributed by atoms with Crippen LogP contribution in [0, 0.1) is 0 Å². The molecular weight excluding hydrogens is 279 g/mol. The number of pyridine rings is 1. The Hall–Kier alpha value is -1.75. The van der Waals surface area contributed by atoms with Crippen LogP contribution in [0.15, 0.2) is 36.4 Å². The molecule has 0 N–H and O–H groups in total. The van der Waals surface area contributed by atoms with Crippen LogP contribution in [-0.2, 0) is 6.18 Å². The van der Waals surface area contributed by atoms with Gasteiger partial charge < -0.3 is 4.74 Å². The first-order valence-corrected chi connectivity index (χ1v) is 5.67. The summed E-state index contributed by atoms with van der Waals surface area (Å²) in [4.78, 5) is 3.87. The van der Waals surface area contributed by atoms with Crippen LogP contribution in [0.3, 0.4) is 0 Å². The summed E-state index contributed by atoms with van der Waals surface area (Å²) in [6, 6.07) is 8.01. The van der Waals surface area contributed by atoms with Gasteiger partial charge in [-0.2, -0.15) is 13.2 Å². The lowest BCUT2D eigenvalue weighted by atomic mass is 10.0. The fourth-order valence-electron chi connectivity index (χ4n) is 1.62.